The number of hydrogen-bond donors (Lipinski definition) is 3. The molecule has 0 saturated heterocycles. The number of carbonyl (C=O) groups excluding carboxylic acids is 3. The molecule has 4 aromatic rings. The Bertz CT molecular complexity index is 1620. The van der Waals surface area contributed by atoms with Gasteiger partial charge in [-0.15, -0.1) is 11.8 Å². The maximum atomic E-state index is 13.4. The monoisotopic (exact) mass is 597 g/mol. The Morgan fingerprint density at radius 2 is 1.52 bits per heavy atom. The second-order valence-electron chi connectivity index (χ2n) is 9.68. The summed E-state index contributed by atoms with van der Waals surface area (Å²) in [6, 6.07) is 28.8. The van der Waals surface area contributed by atoms with Crippen LogP contribution in [0.4, 0.5) is 11.4 Å². The first kappa shape index (κ1) is 30.6. The van der Waals surface area contributed by atoms with E-state index in [0.29, 0.717) is 28.3 Å². The van der Waals surface area contributed by atoms with Crippen molar-refractivity contribution in [2.24, 2.45) is 0 Å². The van der Waals surface area contributed by atoms with Gasteiger partial charge in [0.15, 0.2) is 0 Å². The molecule has 0 aliphatic rings. The number of amides is 3. The Balaban J connectivity index is 1.50. The number of halogens is 1. The fraction of sp³-hybridized carbons (Fsp3) is 0.147. The van der Waals surface area contributed by atoms with Crippen molar-refractivity contribution in [3.05, 3.63) is 130 Å². The fourth-order valence-electron chi connectivity index (χ4n) is 4.06. The summed E-state index contributed by atoms with van der Waals surface area (Å²) < 4.78 is 0. The molecule has 3 amide bonds. The van der Waals surface area contributed by atoms with Gasteiger partial charge in [0, 0.05) is 26.9 Å². The fourth-order valence-corrected chi connectivity index (χ4v) is 5.27. The van der Waals surface area contributed by atoms with Crippen molar-refractivity contribution in [2.45, 2.75) is 37.3 Å². The van der Waals surface area contributed by atoms with Gasteiger partial charge >= 0.3 is 0 Å². The zero-order chi connectivity index (χ0) is 30.1. The van der Waals surface area contributed by atoms with Crippen molar-refractivity contribution in [3.63, 3.8) is 0 Å². The van der Waals surface area contributed by atoms with E-state index >= 15 is 0 Å². The van der Waals surface area contributed by atoms with E-state index in [-0.39, 0.29) is 16.9 Å². The molecule has 42 heavy (non-hydrogen) atoms. The van der Waals surface area contributed by atoms with Gasteiger partial charge in [-0.1, -0.05) is 67.1 Å². The number of rotatable bonds is 10. The molecule has 0 aliphatic carbocycles. The van der Waals surface area contributed by atoms with Crippen LogP contribution in [0.25, 0.3) is 6.08 Å². The molecule has 4 rings (SSSR count). The molecule has 0 radical (unpaired) electrons. The van der Waals surface area contributed by atoms with Crippen molar-refractivity contribution >= 4 is 58.5 Å². The molecule has 1 atom stereocenters. The van der Waals surface area contributed by atoms with Gasteiger partial charge in [-0.25, -0.2) is 0 Å². The molecule has 0 aromatic heterocycles. The van der Waals surface area contributed by atoms with Gasteiger partial charge in [-0.2, -0.15) is 0 Å². The normalized spacial score (nSPS) is 11.9. The van der Waals surface area contributed by atoms with Crippen LogP contribution in [0, 0.1) is 13.8 Å². The minimum absolute atomic E-state index is 0.0363. The van der Waals surface area contributed by atoms with Crippen molar-refractivity contribution in [1.29, 1.82) is 0 Å². The number of aryl methyl sites for hydroxylation is 2. The largest absolute Gasteiger partial charge is 0.325 e. The lowest BCUT2D eigenvalue weighted by atomic mass is 10.1. The number of hydrogen-bond acceptors (Lipinski definition) is 4. The van der Waals surface area contributed by atoms with E-state index in [1.54, 1.807) is 66.7 Å². The van der Waals surface area contributed by atoms with E-state index in [9.17, 15) is 14.4 Å². The van der Waals surface area contributed by atoms with Crippen LogP contribution < -0.4 is 16.0 Å². The van der Waals surface area contributed by atoms with Crippen LogP contribution in [0.2, 0.25) is 5.02 Å². The first-order chi connectivity index (χ1) is 20.2. The van der Waals surface area contributed by atoms with Gasteiger partial charge in [0.2, 0.25) is 5.91 Å². The first-order valence-electron chi connectivity index (χ1n) is 13.5. The Kier molecular flexibility index (Phi) is 10.6. The second kappa shape index (κ2) is 14.5. The zero-order valence-electron chi connectivity index (χ0n) is 23.6. The summed E-state index contributed by atoms with van der Waals surface area (Å²) in [6.45, 7) is 6.01. The maximum Gasteiger partial charge on any atom is 0.272 e. The highest BCUT2D eigenvalue weighted by Gasteiger charge is 2.20. The number of carbonyl (C=O) groups is 3. The minimum Gasteiger partial charge on any atom is -0.325 e. The molecule has 6 nitrogen and oxygen atoms in total. The summed E-state index contributed by atoms with van der Waals surface area (Å²) >= 11 is 7.76. The quantitative estimate of drug-likeness (QED) is 0.128. The van der Waals surface area contributed by atoms with Crippen LogP contribution in [0.3, 0.4) is 0 Å². The Morgan fingerprint density at radius 1 is 0.810 bits per heavy atom. The van der Waals surface area contributed by atoms with Crippen molar-refractivity contribution in [1.82, 2.24) is 5.32 Å². The summed E-state index contributed by atoms with van der Waals surface area (Å²) in [5, 5.41) is 8.72. The van der Waals surface area contributed by atoms with Crippen LogP contribution in [0.1, 0.15) is 40.4 Å². The van der Waals surface area contributed by atoms with E-state index in [1.807, 2.05) is 57.2 Å². The third kappa shape index (κ3) is 8.35. The minimum atomic E-state index is -0.513. The highest BCUT2D eigenvalue weighted by Crippen LogP contribution is 2.29. The van der Waals surface area contributed by atoms with Crippen LogP contribution in [0.5, 0.6) is 0 Å². The van der Waals surface area contributed by atoms with Gasteiger partial charge in [0.05, 0.1) is 5.25 Å². The molecule has 0 saturated carbocycles. The van der Waals surface area contributed by atoms with Crippen LogP contribution in [-0.2, 0) is 9.59 Å². The number of nitrogens with one attached hydrogen (secondary N) is 3. The topological polar surface area (TPSA) is 87.3 Å². The van der Waals surface area contributed by atoms with E-state index in [0.717, 1.165) is 21.7 Å². The number of benzene rings is 4. The summed E-state index contributed by atoms with van der Waals surface area (Å²) in [5.41, 5.74) is 4.60. The third-order valence-electron chi connectivity index (χ3n) is 6.54. The third-order valence-corrected chi connectivity index (χ3v) is 8.24. The molecule has 3 N–H and O–H groups in total. The van der Waals surface area contributed by atoms with Crippen molar-refractivity contribution in [3.8, 4) is 0 Å². The molecule has 214 valence electrons. The van der Waals surface area contributed by atoms with E-state index < -0.39 is 11.8 Å². The molecule has 4 aromatic carbocycles. The average molecular weight is 598 g/mol. The van der Waals surface area contributed by atoms with Gasteiger partial charge < -0.3 is 16.0 Å². The summed E-state index contributed by atoms with van der Waals surface area (Å²) in [4.78, 5) is 40.2. The molecule has 1 unspecified atom stereocenters. The standard InChI is InChI=1S/C34H32ClN3O3S/c1-4-31(34(41)37-27-18-17-22(2)23(3)19-27)42-28-15-10-14-26(21-28)36-33(40)30(20-25-13-8-9-16-29(25)35)38-32(39)24-11-6-5-7-12-24/h5-21,31H,4H2,1-3H3,(H,36,40)(H,37,41)(H,38,39)/b30-20+. The molecular formula is C34H32ClN3O3S. The molecule has 0 fully saturated rings. The maximum absolute atomic E-state index is 13.4. The van der Waals surface area contributed by atoms with Crippen molar-refractivity contribution < 1.29 is 14.4 Å². The molecule has 0 aliphatic heterocycles. The summed E-state index contributed by atoms with van der Waals surface area (Å²) in [7, 11) is 0. The highest BCUT2D eigenvalue weighted by atomic mass is 35.5. The molecule has 8 heteroatoms. The predicted molar refractivity (Wildman–Crippen MR) is 173 cm³/mol. The molecular weight excluding hydrogens is 566 g/mol. The van der Waals surface area contributed by atoms with Gasteiger partial charge in [-0.05, 0) is 91.6 Å². The number of anilines is 2. The Hall–Kier alpha value is -4.33. The molecule has 0 heterocycles. The number of thioether (sulfide) groups is 1. The van der Waals surface area contributed by atoms with E-state index in [2.05, 4.69) is 16.0 Å². The predicted octanol–water partition coefficient (Wildman–Crippen LogP) is 7.88. The molecule has 0 spiro atoms. The van der Waals surface area contributed by atoms with Crippen LogP contribution >= 0.6 is 23.4 Å². The van der Waals surface area contributed by atoms with Gasteiger partial charge in [0.1, 0.15) is 5.70 Å². The average Bonchev–Trinajstić information content (AvgIpc) is 2.99. The summed E-state index contributed by atoms with van der Waals surface area (Å²) in [6.07, 6.45) is 2.16. The Labute approximate surface area is 255 Å². The van der Waals surface area contributed by atoms with Gasteiger partial charge in [0.25, 0.3) is 11.8 Å². The zero-order valence-corrected chi connectivity index (χ0v) is 25.2. The lowest BCUT2D eigenvalue weighted by molar-refractivity contribution is -0.116. The SMILES string of the molecule is CCC(Sc1cccc(NC(=O)/C(=C\c2ccccc2Cl)NC(=O)c2ccccc2)c1)C(=O)Nc1ccc(C)c(C)c1. The Morgan fingerprint density at radius 3 is 2.24 bits per heavy atom. The second-order valence-corrected chi connectivity index (χ2v) is 11.4. The van der Waals surface area contributed by atoms with E-state index in [4.69, 9.17) is 11.6 Å². The first-order valence-corrected chi connectivity index (χ1v) is 14.8. The molecule has 0 bridgehead atoms. The van der Waals surface area contributed by atoms with Crippen LogP contribution in [0.15, 0.2) is 108 Å². The van der Waals surface area contributed by atoms with Crippen LogP contribution in [-0.4, -0.2) is 23.0 Å². The van der Waals surface area contributed by atoms with E-state index in [1.165, 1.54) is 11.8 Å². The van der Waals surface area contributed by atoms with Crippen molar-refractivity contribution in [2.75, 3.05) is 10.6 Å². The highest BCUT2D eigenvalue weighted by molar-refractivity contribution is 8.00. The lowest BCUT2D eigenvalue weighted by Gasteiger charge is -2.16. The lowest BCUT2D eigenvalue weighted by Crippen LogP contribution is -2.30. The van der Waals surface area contributed by atoms with Gasteiger partial charge in [-0.3, -0.25) is 14.4 Å². The smallest absolute Gasteiger partial charge is 0.272 e. The summed E-state index contributed by atoms with van der Waals surface area (Å²) in [5.74, 6) is -1.02.